The Morgan fingerprint density at radius 1 is 1.21 bits per heavy atom. The van der Waals surface area contributed by atoms with E-state index in [1.165, 1.54) is 16.7 Å². The first-order chi connectivity index (χ1) is 8.65. The van der Waals surface area contributed by atoms with Crippen molar-refractivity contribution in [1.82, 2.24) is 4.90 Å². The van der Waals surface area contributed by atoms with Crippen LogP contribution in [0.5, 0.6) is 0 Å². The molecule has 1 unspecified atom stereocenters. The number of hydrogen-bond donors (Lipinski definition) is 1. The van der Waals surface area contributed by atoms with Crippen molar-refractivity contribution in [2.24, 2.45) is 5.73 Å². The Bertz CT molecular complexity index is 465. The maximum absolute atomic E-state index is 6.51. The Kier molecular flexibility index (Phi) is 3.53. The van der Waals surface area contributed by atoms with E-state index in [1.54, 1.807) is 0 Å². The minimum atomic E-state index is -0.0230. The molecular weight excluding hydrogens is 232 g/mol. The van der Waals surface area contributed by atoms with Crippen molar-refractivity contribution in [3.63, 3.8) is 0 Å². The van der Waals surface area contributed by atoms with Crippen LogP contribution in [0.15, 0.2) is 18.2 Å². The summed E-state index contributed by atoms with van der Waals surface area (Å²) in [6.45, 7) is 8.99. The van der Waals surface area contributed by atoms with E-state index in [9.17, 15) is 0 Å². The first kappa shape index (κ1) is 14.5. The summed E-state index contributed by atoms with van der Waals surface area (Å²) in [7, 11) is 4.28. The SMILES string of the molecule is Cc1ccc(C(C)(C)C)cc1C(N(C)C)C1(N)CC1. The lowest BCUT2D eigenvalue weighted by atomic mass is 9.83. The highest BCUT2D eigenvalue weighted by molar-refractivity contribution is 5.39. The van der Waals surface area contributed by atoms with Crippen LogP contribution < -0.4 is 5.73 Å². The van der Waals surface area contributed by atoms with Gasteiger partial charge in [0.1, 0.15) is 0 Å². The number of aryl methyl sites for hydroxylation is 1. The van der Waals surface area contributed by atoms with Gasteiger partial charge in [-0.25, -0.2) is 0 Å². The van der Waals surface area contributed by atoms with E-state index >= 15 is 0 Å². The summed E-state index contributed by atoms with van der Waals surface area (Å²) in [5.41, 5.74) is 10.8. The molecule has 0 heterocycles. The third-order valence-electron chi connectivity index (χ3n) is 4.33. The summed E-state index contributed by atoms with van der Waals surface area (Å²) in [5.74, 6) is 0. The van der Waals surface area contributed by atoms with Crippen LogP contribution in [-0.4, -0.2) is 24.5 Å². The molecule has 106 valence electrons. The normalized spacial score (nSPS) is 19.6. The predicted octanol–water partition coefficient (Wildman–Crippen LogP) is 3.39. The van der Waals surface area contributed by atoms with Gasteiger partial charge in [-0.15, -0.1) is 0 Å². The standard InChI is InChI=1S/C17H28N2/c1-12-7-8-13(16(2,3)4)11-14(12)15(19(5)6)17(18)9-10-17/h7-8,11,15H,9-10,18H2,1-6H3. The second-order valence-corrected chi connectivity index (χ2v) is 7.42. The van der Waals surface area contributed by atoms with Crippen LogP contribution in [0.1, 0.15) is 56.3 Å². The van der Waals surface area contributed by atoms with Gasteiger partial charge >= 0.3 is 0 Å². The highest BCUT2D eigenvalue weighted by Crippen LogP contribution is 2.47. The van der Waals surface area contributed by atoms with E-state index in [-0.39, 0.29) is 11.0 Å². The summed E-state index contributed by atoms with van der Waals surface area (Å²) < 4.78 is 0. The van der Waals surface area contributed by atoms with Gasteiger partial charge in [-0.1, -0.05) is 39.0 Å². The Labute approximate surface area is 118 Å². The van der Waals surface area contributed by atoms with Gasteiger partial charge in [0, 0.05) is 5.54 Å². The second kappa shape index (κ2) is 4.60. The quantitative estimate of drug-likeness (QED) is 0.902. The van der Waals surface area contributed by atoms with Crippen LogP contribution in [-0.2, 0) is 5.41 Å². The molecule has 0 amide bonds. The highest BCUT2D eigenvalue weighted by atomic mass is 15.1. The van der Waals surface area contributed by atoms with Gasteiger partial charge in [0.05, 0.1) is 6.04 Å². The minimum absolute atomic E-state index is 0.0230. The Hall–Kier alpha value is -0.860. The fourth-order valence-electron chi connectivity index (χ4n) is 2.92. The molecule has 0 radical (unpaired) electrons. The van der Waals surface area contributed by atoms with Gasteiger partial charge < -0.3 is 10.6 Å². The third kappa shape index (κ3) is 2.85. The number of rotatable bonds is 3. The Morgan fingerprint density at radius 2 is 1.79 bits per heavy atom. The van der Waals surface area contributed by atoms with Crippen LogP contribution >= 0.6 is 0 Å². The molecule has 0 spiro atoms. The Morgan fingerprint density at radius 3 is 2.21 bits per heavy atom. The number of hydrogen-bond acceptors (Lipinski definition) is 2. The highest BCUT2D eigenvalue weighted by Gasteiger charge is 2.48. The van der Waals surface area contributed by atoms with Crippen molar-refractivity contribution >= 4 is 0 Å². The molecule has 1 atom stereocenters. The van der Waals surface area contributed by atoms with Crippen LogP contribution in [0.2, 0.25) is 0 Å². The molecule has 1 aromatic rings. The number of nitrogens with zero attached hydrogens (tertiary/aromatic N) is 1. The fraction of sp³-hybridized carbons (Fsp3) is 0.647. The molecule has 1 aliphatic carbocycles. The monoisotopic (exact) mass is 260 g/mol. The second-order valence-electron chi connectivity index (χ2n) is 7.42. The van der Waals surface area contributed by atoms with Gasteiger partial charge in [0.15, 0.2) is 0 Å². The van der Waals surface area contributed by atoms with Gasteiger partial charge in [-0.2, -0.15) is 0 Å². The molecule has 1 aromatic carbocycles. The number of nitrogens with two attached hydrogens (primary N) is 1. The molecule has 1 saturated carbocycles. The molecular formula is C17H28N2. The molecule has 0 aromatic heterocycles. The lowest BCUT2D eigenvalue weighted by Crippen LogP contribution is -2.40. The molecule has 0 aliphatic heterocycles. The Balaban J connectivity index is 2.48. The van der Waals surface area contributed by atoms with Gasteiger partial charge in [0.25, 0.3) is 0 Å². The van der Waals surface area contributed by atoms with Crippen LogP contribution in [0.25, 0.3) is 0 Å². The average Bonchev–Trinajstić information content (AvgIpc) is 2.98. The molecule has 1 aliphatic rings. The molecule has 1 fully saturated rings. The number of benzene rings is 1. The average molecular weight is 260 g/mol. The van der Waals surface area contributed by atoms with Gasteiger partial charge in [0.2, 0.25) is 0 Å². The van der Waals surface area contributed by atoms with Crippen molar-refractivity contribution in [2.45, 2.75) is 57.5 Å². The molecule has 2 rings (SSSR count). The largest absolute Gasteiger partial charge is 0.323 e. The van der Waals surface area contributed by atoms with E-state index in [4.69, 9.17) is 5.73 Å². The van der Waals surface area contributed by atoms with Crippen molar-refractivity contribution in [1.29, 1.82) is 0 Å². The number of likely N-dealkylation sites (N-methyl/N-ethyl adjacent to an activating group) is 1. The third-order valence-corrected chi connectivity index (χ3v) is 4.33. The lowest BCUT2D eigenvalue weighted by molar-refractivity contribution is 0.244. The molecule has 0 saturated heterocycles. The summed E-state index contributed by atoms with van der Waals surface area (Å²) in [4.78, 5) is 2.28. The fourth-order valence-corrected chi connectivity index (χ4v) is 2.92. The maximum atomic E-state index is 6.51. The van der Waals surface area contributed by atoms with E-state index in [0.717, 1.165) is 12.8 Å². The van der Waals surface area contributed by atoms with Gasteiger partial charge in [-0.05, 0) is 56.0 Å². The lowest BCUT2D eigenvalue weighted by Gasteiger charge is -2.33. The van der Waals surface area contributed by atoms with Crippen molar-refractivity contribution in [3.8, 4) is 0 Å². The minimum Gasteiger partial charge on any atom is -0.323 e. The molecule has 2 heteroatoms. The van der Waals surface area contributed by atoms with Crippen LogP contribution in [0.4, 0.5) is 0 Å². The molecule has 2 N–H and O–H groups in total. The molecule has 2 nitrogen and oxygen atoms in total. The zero-order chi connectivity index (χ0) is 14.4. The summed E-state index contributed by atoms with van der Waals surface area (Å²) >= 11 is 0. The van der Waals surface area contributed by atoms with Crippen molar-refractivity contribution in [3.05, 3.63) is 34.9 Å². The molecule has 0 bridgehead atoms. The van der Waals surface area contributed by atoms with E-state index in [2.05, 4.69) is 64.9 Å². The van der Waals surface area contributed by atoms with E-state index < -0.39 is 0 Å². The van der Waals surface area contributed by atoms with Crippen LogP contribution in [0, 0.1) is 6.92 Å². The first-order valence-corrected chi connectivity index (χ1v) is 7.21. The predicted molar refractivity (Wildman–Crippen MR) is 82.5 cm³/mol. The van der Waals surface area contributed by atoms with E-state index in [1.807, 2.05) is 0 Å². The van der Waals surface area contributed by atoms with Crippen molar-refractivity contribution in [2.75, 3.05) is 14.1 Å². The smallest absolute Gasteiger partial charge is 0.0525 e. The summed E-state index contributed by atoms with van der Waals surface area (Å²) in [6, 6.07) is 7.20. The summed E-state index contributed by atoms with van der Waals surface area (Å²) in [5, 5.41) is 0. The summed E-state index contributed by atoms with van der Waals surface area (Å²) in [6.07, 6.45) is 2.27. The van der Waals surface area contributed by atoms with E-state index in [0.29, 0.717) is 6.04 Å². The maximum Gasteiger partial charge on any atom is 0.0525 e. The van der Waals surface area contributed by atoms with Crippen LogP contribution in [0.3, 0.4) is 0 Å². The first-order valence-electron chi connectivity index (χ1n) is 7.21. The zero-order valence-corrected chi connectivity index (χ0v) is 13.2. The zero-order valence-electron chi connectivity index (χ0n) is 13.2. The topological polar surface area (TPSA) is 29.3 Å². The molecule has 19 heavy (non-hydrogen) atoms. The van der Waals surface area contributed by atoms with Gasteiger partial charge in [-0.3, -0.25) is 0 Å². The van der Waals surface area contributed by atoms with Crippen molar-refractivity contribution < 1.29 is 0 Å².